The Morgan fingerprint density at radius 1 is 1.29 bits per heavy atom. The van der Waals surface area contributed by atoms with E-state index in [1.165, 1.54) is 12.0 Å². The molecule has 6 nitrogen and oxygen atoms in total. The quantitative estimate of drug-likeness (QED) is 0.371. The van der Waals surface area contributed by atoms with E-state index in [2.05, 4.69) is 64.5 Å². The summed E-state index contributed by atoms with van der Waals surface area (Å²) in [6, 6.07) is 10.9. The highest BCUT2D eigenvalue weighted by Crippen LogP contribution is 2.34. The molecule has 1 aromatic heterocycles. The number of hydrogen-bond donors (Lipinski definition) is 1. The van der Waals surface area contributed by atoms with E-state index < -0.39 is 0 Å². The van der Waals surface area contributed by atoms with Crippen LogP contribution in [0, 0.1) is 12.8 Å². The van der Waals surface area contributed by atoms with Gasteiger partial charge in [-0.3, -0.25) is 4.99 Å². The summed E-state index contributed by atoms with van der Waals surface area (Å²) in [6.45, 7) is 9.84. The van der Waals surface area contributed by atoms with Crippen molar-refractivity contribution in [2.45, 2.75) is 46.0 Å². The fourth-order valence-electron chi connectivity index (χ4n) is 3.90. The number of aryl methyl sites for hydroxylation is 1. The van der Waals surface area contributed by atoms with E-state index in [1.807, 2.05) is 6.92 Å². The number of aromatic nitrogens is 2. The average molecular weight is 497 g/mol. The molecule has 1 fully saturated rings. The number of aliphatic imine (C=N–C) groups is 1. The molecule has 0 spiro atoms. The molecule has 0 aliphatic carbocycles. The first kappa shape index (κ1) is 22.6. The van der Waals surface area contributed by atoms with E-state index in [4.69, 9.17) is 9.52 Å². The second-order valence-electron chi connectivity index (χ2n) is 7.14. The molecule has 2 heterocycles. The van der Waals surface area contributed by atoms with Gasteiger partial charge in [0, 0.05) is 26.1 Å². The fraction of sp³-hybridized carbons (Fsp3) is 0.571. The molecular weight excluding hydrogens is 465 g/mol. The minimum atomic E-state index is 0. The summed E-state index contributed by atoms with van der Waals surface area (Å²) < 4.78 is 5.18. The third-order valence-electron chi connectivity index (χ3n) is 5.28. The first-order valence-electron chi connectivity index (χ1n) is 10.1. The predicted octanol–water partition coefficient (Wildman–Crippen LogP) is 4.02. The smallest absolute Gasteiger partial charge is 0.228 e. The maximum absolute atomic E-state index is 5.18. The Balaban J connectivity index is 0.00000280. The van der Waals surface area contributed by atoms with Gasteiger partial charge < -0.3 is 14.7 Å². The largest absolute Gasteiger partial charge is 0.357 e. The van der Waals surface area contributed by atoms with Crippen LogP contribution in [-0.2, 0) is 6.42 Å². The number of nitrogens with zero attached hydrogens (tertiary/aromatic N) is 4. The van der Waals surface area contributed by atoms with Crippen molar-refractivity contribution in [2.75, 3.05) is 26.2 Å². The normalized spacial score (nSPS) is 20.0. The Morgan fingerprint density at radius 2 is 2.07 bits per heavy atom. The van der Waals surface area contributed by atoms with Gasteiger partial charge in [0.25, 0.3) is 0 Å². The summed E-state index contributed by atoms with van der Waals surface area (Å²) in [7, 11) is 0. The minimum absolute atomic E-state index is 0. The summed E-state index contributed by atoms with van der Waals surface area (Å²) >= 11 is 0. The van der Waals surface area contributed by atoms with Crippen molar-refractivity contribution in [2.24, 2.45) is 10.9 Å². The van der Waals surface area contributed by atoms with Crippen LogP contribution in [0.2, 0.25) is 0 Å². The number of halogens is 1. The number of benzene rings is 1. The van der Waals surface area contributed by atoms with Crippen LogP contribution >= 0.6 is 24.0 Å². The van der Waals surface area contributed by atoms with Crippen molar-refractivity contribution in [3.05, 3.63) is 47.6 Å². The molecule has 1 aliphatic heterocycles. The van der Waals surface area contributed by atoms with Crippen LogP contribution in [0.1, 0.15) is 49.9 Å². The highest BCUT2D eigenvalue weighted by atomic mass is 127. The van der Waals surface area contributed by atoms with Gasteiger partial charge in [-0.05, 0) is 37.7 Å². The molecule has 2 unspecified atom stereocenters. The van der Waals surface area contributed by atoms with Gasteiger partial charge in [-0.1, -0.05) is 48.8 Å². The number of nitrogens with one attached hydrogen (secondary N) is 1. The Morgan fingerprint density at radius 3 is 2.71 bits per heavy atom. The highest BCUT2D eigenvalue weighted by molar-refractivity contribution is 14.0. The van der Waals surface area contributed by atoms with Crippen LogP contribution in [0.3, 0.4) is 0 Å². The average Bonchev–Trinajstić information content (AvgIpc) is 3.12. The van der Waals surface area contributed by atoms with Gasteiger partial charge in [-0.2, -0.15) is 4.98 Å². The Labute approximate surface area is 185 Å². The number of guanidine groups is 1. The Bertz CT molecular complexity index is 733. The molecule has 0 amide bonds. The summed E-state index contributed by atoms with van der Waals surface area (Å²) in [5, 5.41) is 7.29. The van der Waals surface area contributed by atoms with Crippen molar-refractivity contribution >= 4 is 29.9 Å². The Hall–Kier alpha value is -1.64. The SMILES string of the molecule is CCNC(=NCCc1nc(C)no1)N1CCC(c2ccccc2)C(CC)C1.I. The first-order valence-corrected chi connectivity index (χ1v) is 10.1. The second kappa shape index (κ2) is 11.4. The third kappa shape index (κ3) is 5.93. The van der Waals surface area contributed by atoms with Crippen LogP contribution in [0.25, 0.3) is 0 Å². The topological polar surface area (TPSA) is 66.5 Å². The third-order valence-corrected chi connectivity index (χ3v) is 5.28. The minimum Gasteiger partial charge on any atom is -0.357 e. The molecule has 28 heavy (non-hydrogen) atoms. The lowest BCUT2D eigenvalue weighted by Gasteiger charge is -2.40. The van der Waals surface area contributed by atoms with Crippen molar-refractivity contribution in [3.8, 4) is 0 Å². The summed E-state index contributed by atoms with van der Waals surface area (Å²) in [4.78, 5) is 11.5. The van der Waals surface area contributed by atoms with E-state index in [0.29, 0.717) is 36.5 Å². The van der Waals surface area contributed by atoms with Crippen molar-refractivity contribution in [3.63, 3.8) is 0 Å². The number of likely N-dealkylation sites (tertiary alicyclic amines) is 1. The van der Waals surface area contributed by atoms with Crippen LogP contribution in [0.5, 0.6) is 0 Å². The molecule has 0 bridgehead atoms. The number of hydrogen-bond acceptors (Lipinski definition) is 4. The molecule has 1 aliphatic rings. The predicted molar refractivity (Wildman–Crippen MR) is 123 cm³/mol. The number of piperidine rings is 1. The van der Waals surface area contributed by atoms with Gasteiger partial charge in [0.2, 0.25) is 5.89 Å². The van der Waals surface area contributed by atoms with Crippen LogP contribution in [-0.4, -0.2) is 47.2 Å². The standard InChI is InChI=1S/C21H31N5O.HI/c1-4-17-15-26(14-12-19(17)18-9-7-6-8-10-18)21(22-5-2)23-13-11-20-24-16(3)25-27-20;/h6-10,17,19H,4-5,11-15H2,1-3H3,(H,22,23);1H. The van der Waals surface area contributed by atoms with Gasteiger partial charge in [-0.25, -0.2) is 0 Å². The lowest BCUT2D eigenvalue weighted by atomic mass is 9.79. The molecule has 0 radical (unpaired) electrons. The van der Waals surface area contributed by atoms with Gasteiger partial charge >= 0.3 is 0 Å². The van der Waals surface area contributed by atoms with E-state index in [0.717, 1.165) is 32.0 Å². The zero-order valence-corrected chi connectivity index (χ0v) is 19.4. The summed E-state index contributed by atoms with van der Waals surface area (Å²) in [6.07, 6.45) is 3.01. The highest BCUT2D eigenvalue weighted by Gasteiger charge is 2.30. The van der Waals surface area contributed by atoms with Crippen molar-refractivity contribution in [1.29, 1.82) is 0 Å². The molecule has 1 N–H and O–H groups in total. The molecular formula is C21H32IN5O. The molecule has 1 aromatic carbocycles. The van der Waals surface area contributed by atoms with Gasteiger partial charge in [0.1, 0.15) is 0 Å². The zero-order chi connectivity index (χ0) is 19.1. The molecule has 3 rings (SSSR count). The van der Waals surface area contributed by atoms with Crippen LogP contribution in [0.15, 0.2) is 39.8 Å². The molecule has 2 aromatic rings. The Kier molecular flexibility index (Phi) is 9.21. The molecule has 0 saturated carbocycles. The summed E-state index contributed by atoms with van der Waals surface area (Å²) in [5.41, 5.74) is 1.47. The van der Waals surface area contributed by atoms with Crippen molar-refractivity contribution in [1.82, 2.24) is 20.4 Å². The fourth-order valence-corrected chi connectivity index (χ4v) is 3.90. The monoisotopic (exact) mass is 497 g/mol. The van der Waals surface area contributed by atoms with Crippen LogP contribution in [0.4, 0.5) is 0 Å². The maximum atomic E-state index is 5.18. The second-order valence-corrected chi connectivity index (χ2v) is 7.14. The first-order chi connectivity index (χ1) is 13.2. The molecule has 154 valence electrons. The summed E-state index contributed by atoms with van der Waals surface area (Å²) in [5.74, 6) is 3.61. The molecule has 7 heteroatoms. The maximum Gasteiger partial charge on any atom is 0.228 e. The van der Waals surface area contributed by atoms with Crippen LogP contribution < -0.4 is 5.32 Å². The number of rotatable bonds is 6. The lowest BCUT2D eigenvalue weighted by molar-refractivity contribution is 0.215. The lowest BCUT2D eigenvalue weighted by Crippen LogP contribution is -2.48. The molecule has 2 atom stereocenters. The molecule has 1 saturated heterocycles. The van der Waals surface area contributed by atoms with Gasteiger partial charge in [0.05, 0.1) is 6.54 Å². The van der Waals surface area contributed by atoms with Gasteiger partial charge in [-0.15, -0.1) is 24.0 Å². The van der Waals surface area contributed by atoms with E-state index in [-0.39, 0.29) is 24.0 Å². The zero-order valence-electron chi connectivity index (χ0n) is 17.1. The van der Waals surface area contributed by atoms with Gasteiger partial charge in [0.15, 0.2) is 11.8 Å². The van der Waals surface area contributed by atoms with E-state index in [1.54, 1.807) is 0 Å². The van der Waals surface area contributed by atoms with E-state index >= 15 is 0 Å². The van der Waals surface area contributed by atoms with Crippen molar-refractivity contribution < 1.29 is 4.52 Å². The van der Waals surface area contributed by atoms with E-state index in [9.17, 15) is 0 Å².